The van der Waals surface area contributed by atoms with Crippen molar-refractivity contribution in [1.29, 1.82) is 0 Å². The third kappa shape index (κ3) is 4.87. The average molecular weight is 497 g/mol. The fraction of sp³-hybridized carbons (Fsp3) is 0.208. The molecule has 2 aromatic carbocycles. The van der Waals surface area contributed by atoms with Crippen molar-refractivity contribution in [2.75, 3.05) is 11.9 Å². The third-order valence-corrected chi connectivity index (χ3v) is 7.45. The zero-order valence-corrected chi connectivity index (χ0v) is 20.8. The molecule has 2 aromatic heterocycles. The summed E-state index contributed by atoms with van der Waals surface area (Å²) in [6.45, 7) is 7.59. The van der Waals surface area contributed by atoms with Crippen molar-refractivity contribution in [3.8, 4) is 16.9 Å². The van der Waals surface area contributed by atoms with Gasteiger partial charge in [-0.3, -0.25) is 4.79 Å². The number of aromatic nitrogens is 2. The van der Waals surface area contributed by atoms with E-state index in [2.05, 4.69) is 22.2 Å². The molecule has 0 saturated heterocycles. The highest BCUT2D eigenvalue weighted by molar-refractivity contribution is 7.90. The van der Waals surface area contributed by atoms with Crippen LogP contribution in [0.3, 0.4) is 0 Å². The van der Waals surface area contributed by atoms with E-state index < -0.39 is 15.9 Å². The summed E-state index contributed by atoms with van der Waals surface area (Å²) in [6.07, 6.45) is 0. The van der Waals surface area contributed by atoms with Crippen molar-refractivity contribution in [1.82, 2.24) is 14.7 Å². The van der Waals surface area contributed by atoms with Crippen LogP contribution in [0.4, 0.5) is 11.5 Å². The molecule has 4 aromatic rings. The molecule has 4 rings (SSSR count). The number of thiophene rings is 1. The number of hydrogen-bond donors (Lipinski definition) is 2. The lowest BCUT2D eigenvalue weighted by Gasteiger charge is -2.11. The first-order valence-corrected chi connectivity index (χ1v) is 12.9. The van der Waals surface area contributed by atoms with Gasteiger partial charge in [0.2, 0.25) is 5.91 Å². The fourth-order valence-electron chi connectivity index (χ4n) is 3.64. The van der Waals surface area contributed by atoms with E-state index in [1.54, 1.807) is 23.5 Å². The summed E-state index contributed by atoms with van der Waals surface area (Å²) in [7, 11) is -3.90. The first-order valence-electron chi connectivity index (χ1n) is 10.6. The van der Waals surface area contributed by atoms with Crippen molar-refractivity contribution in [2.45, 2.75) is 32.6 Å². The van der Waals surface area contributed by atoms with E-state index in [1.807, 2.05) is 42.8 Å². The number of aryl methyl sites for hydroxylation is 2. The summed E-state index contributed by atoms with van der Waals surface area (Å²) in [5.74, 6) is 1.42. The predicted octanol–water partition coefficient (Wildman–Crippen LogP) is 4.94. The molecule has 0 fully saturated rings. The molecule has 2 N–H and O–H groups in total. The van der Waals surface area contributed by atoms with Crippen LogP contribution < -0.4 is 14.8 Å². The second kappa shape index (κ2) is 9.40. The molecule has 0 bridgehead atoms. The number of anilines is 2. The number of hydrogen-bond acceptors (Lipinski definition) is 8. The number of sulfonamides is 1. The lowest BCUT2D eigenvalue weighted by molar-refractivity contribution is -0.117. The minimum absolute atomic E-state index is 0.00119. The SMILES string of the molecule is CCOc1ccc(-c2c(C)sc3nc(C)nc(Nc4ccc(S(=O)(=O)NC(C)=O)cc4)c23)cc1. The van der Waals surface area contributed by atoms with Crippen LogP contribution in [0.1, 0.15) is 24.5 Å². The Morgan fingerprint density at radius 3 is 2.32 bits per heavy atom. The number of carbonyl (C=O) groups excluding carboxylic acids is 1. The normalized spacial score (nSPS) is 11.4. The summed E-state index contributed by atoms with van der Waals surface area (Å²) in [6, 6.07) is 14.1. The number of nitrogens with zero attached hydrogens (tertiary/aromatic N) is 2. The van der Waals surface area contributed by atoms with Crippen LogP contribution >= 0.6 is 11.3 Å². The summed E-state index contributed by atoms with van der Waals surface area (Å²) < 4.78 is 32.0. The Morgan fingerprint density at radius 1 is 1.03 bits per heavy atom. The lowest BCUT2D eigenvalue weighted by Crippen LogP contribution is -2.28. The second-order valence-electron chi connectivity index (χ2n) is 7.60. The van der Waals surface area contributed by atoms with Crippen LogP contribution in [0.25, 0.3) is 21.3 Å². The molecule has 0 spiro atoms. The average Bonchev–Trinajstić information content (AvgIpc) is 3.10. The largest absolute Gasteiger partial charge is 0.494 e. The number of carbonyl (C=O) groups is 1. The highest BCUT2D eigenvalue weighted by atomic mass is 32.2. The highest BCUT2D eigenvalue weighted by Crippen LogP contribution is 2.41. The first-order chi connectivity index (χ1) is 16.2. The summed E-state index contributed by atoms with van der Waals surface area (Å²) >= 11 is 1.60. The molecule has 2 heterocycles. The number of fused-ring (bicyclic) bond motifs is 1. The molecule has 1 amide bonds. The molecular formula is C24H24N4O4S2. The molecule has 0 aliphatic rings. The van der Waals surface area contributed by atoms with E-state index >= 15 is 0 Å². The molecule has 10 heteroatoms. The van der Waals surface area contributed by atoms with Gasteiger partial charge in [0.05, 0.1) is 16.9 Å². The van der Waals surface area contributed by atoms with Gasteiger partial charge in [0.25, 0.3) is 10.0 Å². The Hall–Kier alpha value is -3.50. The van der Waals surface area contributed by atoms with Crippen LogP contribution in [0.15, 0.2) is 53.4 Å². The molecule has 0 aliphatic heterocycles. The van der Waals surface area contributed by atoms with Crippen LogP contribution in [-0.4, -0.2) is 30.9 Å². The number of rotatable bonds is 7. The zero-order valence-electron chi connectivity index (χ0n) is 19.2. The Morgan fingerprint density at radius 2 is 1.71 bits per heavy atom. The Kier molecular flexibility index (Phi) is 6.54. The molecule has 8 nitrogen and oxygen atoms in total. The quantitative estimate of drug-likeness (QED) is 0.373. The van der Waals surface area contributed by atoms with Gasteiger partial charge in [-0.1, -0.05) is 12.1 Å². The Balaban J connectivity index is 1.74. The van der Waals surface area contributed by atoms with E-state index in [9.17, 15) is 13.2 Å². The van der Waals surface area contributed by atoms with Gasteiger partial charge in [-0.05, 0) is 62.7 Å². The van der Waals surface area contributed by atoms with E-state index in [4.69, 9.17) is 4.74 Å². The Bertz CT molecular complexity index is 1460. The second-order valence-corrected chi connectivity index (χ2v) is 10.5. The van der Waals surface area contributed by atoms with Crippen LogP contribution in [0.5, 0.6) is 5.75 Å². The summed E-state index contributed by atoms with van der Waals surface area (Å²) in [5.41, 5.74) is 2.72. The number of amides is 1. The van der Waals surface area contributed by atoms with Gasteiger partial charge in [-0.25, -0.2) is 23.1 Å². The van der Waals surface area contributed by atoms with Crippen molar-refractivity contribution in [3.05, 3.63) is 59.2 Å². The maximum Gasteiger partial charge on any atom is 0.264 e. The topological polar surface area (TPSA) is 110 Å². The van der Waals surface area contributed by atoms with Gasteiger partial charge in [0.1, 0.15) is 22.2 Å². The monoisotopic (exact) mass is 496 g/mol. The Labute approximate surface area is 202 Å². The minimum Gasteiger partial charge on any atom is -0.494 e. The van der Waals surface area contributed by atoms with Gasteiger partial charge in [-0.2, -0.15) is 0 Å². The molecule has 0 radical (unpaired) electrons. The lowest BCUT2D eigenvalue weighted by atomic mass is 10.0. The van der Waals surface area contributed by atoms with Crippen molar-refractivity contribution >= 4 is 49.0 Å². The van der Waals surface area contributed by atoms with Crippen molar-refractivity contribution in [2.24, 2.45) is 0 Å². The van der Waals surface area contributed by atoms with Gasteiger partial charge in [0.15, 0.2) is 0 Å². The standard InChI is InChI=1S/C24H24N4O4S2/c1-5-32-19-10-6-17(7-11-19)21-14(2)33-24-22(21)23(25-15(3)26-24)27-18-8-12-20(13-9-18)34(30,31)28-16(4)29/h6-13H,5H2,1-4H3,(H,28,29)(H,25,26,27). The van der Waals surface area contributed by atoms with E-state index in [0.717, 1.165) is 38.9 Å². The molecule has 0 unspecified atom stereocenters. The smallest absolute Gasteiger partial charge is 0.264 e. The highest BCUT2D eigenvalue weighted by Gasteiger charge is 2.19. The zero-order chi connectivity index (χ0) is 24.5. The third-order valence-electron chi connectivity index (χ3n) is 5.00. The molecular weight excluding hydrogens is 472 g/mol. The van der Waals surface area contributed by atoms with E-state index in [1.165, 1.54) is 12.1 Å². The maximum absolute atomic E-state index is 12.2. The number of nitrogens with one attached hydrogen (secondary N) is 2. The van der Waals surface area contributed by atoms with Crippen LogP contribution in [0, 0.1) is 13.8 Å². The van der Waals surface area contributed by atoms with Gasteiger partial charge >= 0.3 is 0 Å². The van der Waals surface area contributed by atoms with Gasteiger partial charge in [-0.15, -0.1) is 11.3 Å². The number of ether oxygens (including phenoxy) is 1. The van der Waals surface area contributed by atoms with Gasteiger partial charge in [0, 0.05) is 23.1 Å². The van der Waals surface area contributed by atoms with Gasteiger partial charge < -0.3 is 10.1 Å². The van der Waals surface area contributed by atoms with E-state index in [0.29, 0.717) is 23.9 Å². The van der Waals surface area contributed by atoms with E-state index in [-0.39, 0.29) is 4.90 Å². The maximum atomic E-state index is 12.2. The van der Waals surface area contributed by atoms with Crippen LogP contribution in [0.2, 0.25) is 0 Å². The molecule has 0 saturated carbocycles. The molecule has 34 heavy (non-hydrogen) atoms. The van der Waals surface area contributed by atoms with Crippen molar-refractivity contribution < 1.29 is 17.9 Å². The predicted molar refractivity (Wildman–Crippen MR) is 134 cm³/mol. The summed E-state index contributed by atoms with van der Waals surface area (Å²) in [5, 5.41) is 4.21. The number of benzene rings is 2. The summed E-state index contributed by atoms with van der Waals surface area (Å²) in [4.78, 5) is 22.4. The fourth-order valence-corrected chi connectivity index (χ4v) is 5.72. The first kappa shape index (κ1) is 23.7. The molecule has 0 aliphatic carbocycles. The molecule has 176 valence electrons. The minimum atomic E-state index is -3.90. The molecule has 0 atom stereocenters. The van der Waals surface area contributed by atoms with Crippen LogP contribution in [-0.2, 0) is 14.8 Å². The van der Waals surface area contributed by atoms with Crippen molar-refractivity contribution in [3.63, 3.8) is 0 Å².